The van der Waals surface area contributed by atoms with Gasteiger partial charge >= 0.3 is 5.97 Å². The number of carbonyl (C=O) groups is 1. The summed E-state index contributed by atoms with van der Waals surface area (Å²) in [6.07, 6.45) is 6.53. The van der Waals surface area contributed by atoms with Crippen molar-refractivity contribution in [1.82, 2.24) is 0 Å². The number of benzene rings is 2. The Morgan fingerprint density at radius 2 is 1.87 bits per heavy atom. The number of sulfone groups is 1. The third kappa shape index (κ3) is 4.16. The second kappa shape index (κ2) is 9.00. The second-order valence-electron chi connectivity index (χ2n) is 6.48. The standard InChI is InChI=1S/C23H22O6S/c1-4-7-16-8-5-6-9-20(16)30(25,26)15-18-10-11-19(17-12-13-29-14-17)22(27-2)21(18)23(24)28-3/h4-14H,15H2,1-3H3. The Morgan fingerprint density at radius 3 is 2.50 bits per heavy atom. The monoisotopic (exact) mass is 426 g/mol. The van der Waals surface area contributed by atoms with Crippen LogP contribution in [0.4, 0.5) is 0 Å². The molecule has 1 heterocycles. The Kier molecular flexibility index (Phi) is 6.42. The molecule has 0 aliphatic rings. The van der Waals surface area contributed by atoms with Gasteiger partial charge in [-0.25, -0.2) is 13.2 Å². The molecular formula is C23H22O6S. The zero-order valence-corrected chi connectivity index (χ0v) is 17.7. The molecule has 3 aromatic rings. The minimum Gasteiger partial charge on any atom is -0.495 e. The molecule has 1 aromatic heterocycles. The van der Waals surface area contributed by atoms with Crippen LogP contribution >= 0.6 is 0 Å². The molecule has 0 radical (unpaired) electrons. The first-order chi connectivity index (χ1) is 14.4. The largest absolute Gasteiger partial charge is 0.495 e. The number of esters is 1. The summed E-state index contributed by atoms with van der Waals surface area (Å²) < 4.78 is 42.0. The van der Waals surface area contributed by atoms with E-state index in [1.54, 1.807) is 54.6 Å². The first-order valence-corrected chi connectivity index (χ1v) is 10.8. The van der Waals surface area contributed by atoms with E-state index in [9.17, 15) is 13.2 Å². The minimum absolute atomic E-state index is 0.0748. The number of allylic oxidation sites excluding steroid dienone is 1. The van der Waals surface area contributed by atoms with Gasteiger partial charge in [-0.3, -0.25) is 0 Å². The SMILES string of the molecule is CC=Cc1ccccc1S(=O)(=O)Cc1ccc(-c2ccoc2)c(OC)c1C(=O)OC. The number of methoxy groups -OCH3 is 2. The molecule has 0 aliphatic heterocycles. The van der Waals surface area contributed by atoms with Crippen LogP contribution in [0.2, 0.25) is 0 Å². The summed E-state index contributed by atoms with van der Waals surface area (Å²) in [7, 11) is -1.09. The average molecular weight is 426 g/mol. The molecule has 0 bridgehead atoms. The molecule has 0 amide bonds. The summed E-state index contributed by atoms with van der Waals surface area (Å²) in [5.41, 5.74) is 2.25. The van der Waals surface area contributed by atoms with Crippen molar-refractivity contribution in [1.29, 1.82) is 0 Å². The summed E-state index contributed by atoms with van der Waals surface area (Å²) in [4.78, 5) is 12.8. The summed E-state index contributed by atoms with van der Waals surface area (Å²) >= 11 is 0. The lowest BCUT2D eigenvalue weighted by Gasteiger charge is -2.16. The lowest BCUT2D eigenvalue weighted by Crippen LogP contribution is -2.14. The van der Waals surface area contributed by atoms with Crippen LogP contribution in [0.1, 0.15) is 28.4 Å². The smallest absolute Gasteiger partial charge is 0.341 e. The molecule has 0 saturated heterocycles. The highest BCUT2D eigenvalue weighted by atomic mass is 32.2. The van der Waals surface area contributed by atoms with Gasteiger partial charge in [-0.05, 0) is 30.2 Å². The Labute approximate surface area is 175 Å². The number of carbonyl (C=O) groups excluding carboxylic acids is 1. The highest BCUT2D eigenvalue weighted by Gasteiger charge is 2.27. The van der Waals surface area contributed by atoms with E-state index in [-0.39, 0.29) is 22.0 Å². The van der Waals surface area contributed by atoms with E-state index in [2.05, 4.69) is 0 Å². The van der Waals surface area contributed by atoms with Gasteiger partial charge in [0, 0.05) is 11.1 Å². The predicted molar refractivity (Wildman–Crippen MR) is 114 cm³/mol. The maximum absolute atomic E-state index is 13.2. The van der Waals surface area contributed by atoms with E-state index in [0.29, 0.717) is 22.3 Å². The van der Waals surface area contributed by atoms with Gasteiger partial charge < -0.3 is 13.9 Å². The zero-order valence-electron chi connectivity index (χ0n) is 16.9. The number of rotatable bonds is 7. The Balaban J connectivity index is 2.16. The van der Waals surface area contributed by atoms with E-state index >= 15 is 0 Å². The lowest BCUT2D eigenvalue weighted by molar-refractivity contribution is 0.0596. The fourth-order valence-corrected chi connectivity index (χ4v) is 4.88. The van der Waals surface area contributed by atoms with Gasteiger partial charge in [-0.1, -0.05) is 42.5 Å². The van der Waals surface area contributed by atoms with Gasteiger partial charge in [0.15, 0.2) is 9.84 Å². The summed E-state index contributed by atoms with van der Waals surface area (Å²) in [6, 6.07) is 11.8. The fourth-order valence-electron chi connectivity index (χ4n) is 3.29. The van der Waals surface area contributed by atoms with Crippen molar-refractivity contribution in [3.05, 3.63) is 77.8 Å². The van der Waals surface area contributed by atoms with Crippen LogP contribution in [0.3, 0.4) is 0 Å². The van der Waals surface area contributed by atoms with Crippen LogP contribution < -0.4 is 4.74 Å². The molecule has 2 aromatic carbocycles. The summed E-state index contributed by atoms with van der Waals surface area (Å²) in [6.45, 7) is 1.82. The lowest BCUT2D eigenvalue weighted by atomic mass is 9.99. The van der Waals surface area contributed by atoms with Crippen molar-refractivity contribution in [3.63, 3.8) is 0 Å². The topological polar surface area (TPSA) is 82.8 Å². The van der Waals surface area contributed by atoms with E-state index in [1.165, 1.54) is 26.7 Å². The number of hydrogen-bond acceptors (Lipinski definition) is 6. The molecule has 156 valence electrons. The maximum Gasteiger partial charge on any atom is 0.341 e. The molecule has 0 spiro atoms. The van der Waals surface area contributed by atoms with Crippen molar-refractivity contribution >= 4 is 21.9 Å². The molecule has 3 rings (SSSR count). The summed E-state index contributed by atoms with van der Waals surface area (Å²) in [5.74, 6) is -0.824. The van der Waals surface area contributed by atoms with E-state index in [4.69, 9.17) is 13.9 Å². The minimum atomic E-state index is -3.76. The molecule has 0 atom stereocenters. The van der Waals surface area contributed by atoms with Crippen LogP contribution in [0.15, 0.2) is 70.4 Å². The van der Waals surface area contributed by atoms with Crippen molar-refractivity contribution in [3.8, 4) is 16.9 Å². The maximum atomic E-state index is 13.2. The third-order valence-corrected chi connectivity index (χ3v) is 6.35. The molecule has 0 saturated carbocycles. The van der Waals surface area contributed by atoms with E-state index in [1.807, 2.05) is 6.92 Å². The van der Waals surface area contributed by atoms with Gasteiger partial charge in [0.05, 0.1) is 37.4 Å². The van der Waals surface area contributed by atoms with Crippen molar-refractivity contribution in [2.45, 2.75) is 17.6 Å². The fraction of sp³-hybridized carbons (Fsp3) is 0.174. The molecule has 0 aliphatic carbocycles. The quantitative estimate of drug-likeness (QED) is 0.507. The predicted octanol–water partition coefficient (Wildman–Crippen LogP) is 4.75. The first-order valence-electron chi connectivity index (χ1n) is 9.18. The first kappa shape index (κ1) is 21.4. The van der Waals surface area contributed by atoms with Gasteiger partial charge in [0.25, 0.3) is 0 Å². The van der Waals surface area contributed by atoms with Crippen LogP contribution in [-0.2, 0) is 20.3 Å². The molecule has 0 fully saturated rings. The van der Waals surface area contributed by atoms with Crippen LogP contribution in [0, 0.1) is 0 Å². The zero-order chi connectivity index (χ0) is 21.7. The number of ether oxygens (including phenoxy) is 2. The molecule has 0 N–H and O–H groups in total. The number of hydrogen-bond donors (Lipinski definition) is 0. The van der Waals surface area contributed by atoms with Gasteiger partial charge in [-0.2, -0.15) is 0 Å². The molecule has 6 nitrogen and oxygen atoms in total. The van der Waals surface area contributed by atoms with Gasteiger partial charge in [0.1, 0.15) is 11.3 Å². The van der Waals surface area contributed by atoms with E-state index in [0.717, 1.165) is 0 Å². The normalized spacial score (nSPS) is 11.6. The Morgan fingerprint density at radius 1 is 1.10 bits per heavy atom. The van der Waals surface area contributed by atoms with Crippen molar-refractivity contribution in [2.75, 3.05) is 14.2 Å². The Bertz CT molecular complexity index is 1170. The molecule has 7 heteroatoms. The van der Waals surface area contributed by atoms with E-state index < -0.39 is 15.8 Å². The number of furan rings is 1. The van der Waals surface area contributed by atoms with Gasteiger partial charge in [0.2, 0.25) is 0 Å². The third-order valence-electron chi connectivity index (χ3n) is 4.62. The van der Waals surface area contributed by atoms with Crippen molar-refractivity contribution < 1.29 is 27.1 Å². The van der Waals surface area contributed by atoms with Crippen LogP contribution in [-0.4, -0.2) is 28.6 Å². The second-order valence-corrected chi connectivity index (χ2v) is 8.44. The van der Waals surface area contributed by atoms with Crippen molar-refractivity contribution in [2.24, 2.45) is 0 Å². The highest BCUT2D eigenvalue weighted by molar-refractivity contribution is 7.90. The molecule has 30 heavy (non-hydrogen) atoms. The molecule has 0 unspecified atom stereocenters. The highest BCUT2D eigenvalue weighted by Crippen LogP contribution is 2.37. The van der Waals surface area contributed by atoms with Crippen LogP contribution in [0.5, 0.6) is 5.75 Å². The van der Waals surface area contributed by atoms with Gasteiger partial charge in [-0.15, -0.1) is 0 Å². The van der Waals surface area contributed by atoms with Crippen LogP contribution in [0.25, 0.3) is 17.2 Å². The molecular weight excluding hydrogens is 404 g/mol. The Hall–Kier alpha value is -3.32. The average Bonchev–Trinajstić information content (AvgIpc) is 3.27. The summed E-state index contributed by atoms with van der Waals surface area (Å²) in [5, 5.41) is 0.